The van der Waals surface area contributed by atoms with Crippen LogP contribution in [0.5, 0.6) is 0 Å². The molecule has 1 amide bonds. The van der Waals surface area contributed by atoms with Gasteiger partial charge in [0.2, 0.25) is 0 Å². The summed E-state index contributed by atoms with van der Waals surface area (Å²) in [4.78, 5) is 15.2. The van der Waals surface area contributed by atoms with E-state index in [0.29, 0.717) is 32.4 Å². The first-order valence-electron chi connectivity index (χ1n) is 8.69. The van der Waals surface area contributed by atoms with Crippen molar-refractivity contribution in [2.45, 2.75) is 37.5 Å². The summed E-state index contributed by atoms with van der Waals surface area (Å²) in [7, 11) is 0. The van der Waals surface area contributed by atoms with Gasteiger partial charge in [-0.3, -0.25) is 9.69 Å². The first kappa shape index (κ1) is 20.2. The minimum atomic E-state index is -4.89. The Labute approximate surface area is 152 Å². The molecular formula is C20H25F3N2O. The Balaban J connectivity index is 2.15. The third kappa shape index (κ3) is 4.75. The second-order valence-electron chi connectivity index (χ2n) is 6.68. The number of halogens is 3. The second kappa shape index (κ2) is 8.54. The van der Waals surface area contributed by atoms with E-state index >= 15 is 0 Å². The first-order chi connectivity index (χ1) is 12.3. The van der Waals surface area contributed by atoms with Crippen LogP contribution in [0.4, 0.5) is 13.2 Å². The molecule has 142 valence electrons. The number of piperidine rings is 1. The Kier molecular flexibility index (Phi) is 6.64. The molecule has 0 atom stereocenters. The number of amides is 1. The van der Waals surface area contributed by atoms with E-state index in [9.17, 15) is 18.0 Å². The zero-order valence-corrected chi connectivity index (χ0v) is 14.8. The van der Waals surface area contributed by atoms with Gasteiger partial charge in [-0.1, -0.05) is 42.5 Å². The predicted octanol–water partition coefficient (Wildman–Crippen LogP) is 4.17. The Morgan fingerprint density at radius 1 is 1.15 bits per heavy atom. The zero-order chi connectivity index (χ0) is 19.2. The van der Waals surface area contributed by atoms with Gasteiger partial charge < -0.3 is 4.90 Å². The molecule has 1 fully saturated rings. The zero-order valence-electron chi connectivity index (χ0n) is 14.8. The van der Waals surface area contributed by atoms with Crippen molar-refractivity contribution >= 4 is 5.91 Å². The van der Waals surface area contributed by atoms with Crippen molar-refractivity contribution in [1.82, 2.24) is 9.80 Å². The van der Waals surface area contributed by atoms with Gasteiger partial charge in [0.15, 0.2) is 0 Å². The van der Waals surface area contributed by atoms with Crippen LogP contribution in [0.1, 0.15) is 24.8 Å². The summed E-state index contributed by atoms with van der Waals surface area (Å²) in [6.07, 6.45) is -0.652. The van der Waals surface area contributed by atoms with Gasteiger partial charge in [0.05, 0.1) is 0 Å². The summed E-state index contributed by atoms with van der Waals surface area (Å²) >= 11 is 0. The monoisotopic (exact) mass is 366 g/mol. The number of carbonyl (C=O) groups excluding carboxylic acids is 1. The fraction of sp³-hybridized carbons (Fsp3) is 0.450. The molecule has 0 N–H and O–H groups in total. The highest BCUT2D eigenvalue weighted by Gasteiger charge is 2.50. The lowest BCUT2D eigenvalue weighted by Gasteiger charge is -2.48. The number of likely N-dealkylation sites (tertiary alicyclic amines) is 1. The summed E-state index contributed by atoms with van der Waals surface area (Å²) in [6.45, 7) is 9.10. The molecule has 3 nitrogen and oxygen atoms in total. The molecule has 0 aromatic heterocycles. The molecule has 0 saturated carbocycles. The summed E-state index contributed by atoms with van der Waals surface area (Å²) < 4.78 is 39.3. The number of hydrogen-bond acceptors (Lipinski definition) is 2. The van der Waals surface area contributed by atoms with Crippen LogP contribution in [-0.4, -0.2) is 47.1 Å². The maximum absolute atomic E-state index is 13.1. The summed E-state index contributed by atoms with van der Waals surface area (Å²) in [6, 6.07) is 9.94. The Bertz CT molecular complexity index is 620. The third-order valence-corrected chi connectivity index (χ3v) is 4.93. The highest BCUT2D eigenvalue weighted by Crippen LogP contribution is 2.36. The summed E-state index contributed by atoms with van der Waals surface area (Å²) in [5, 5.41) is 0. The minimum absolute atomic E-state index is 0.120. The van der Waals surface area contributed by atoms with Crippen molar-refractivity contribution in [3.8, 4) is 0 Å². The van der Waals surface area contributed by atoms with Gasteiger partial charge in [0.1, 0.15) is 0 Å². The van der Waals surface area contributed by atoms with E-state index in [1.807, 2.05) is 30.3 Å². The fourth-order valence-electron chi connectivity index (χ4n) is 3.60. The van der Waals surface area contributed by atoms with Crippen LogP contribution in [0.3, 0.4) is 0 Å². The molecule has 1 aromatic rings. The first-order valence-corrected chi connectivity index (χ1v) is 8.69. The average Bonchev–Trinajstić information content (AvgIpc) is 2.61. The van der Waals surface area contributed by atoms with Crippen LogP contribution in [0.2, 0.25) is 0 Å². The van der Waals surface area contributed by atoms with Crippen molar-refractivity contribution in [3.05, 3.63) is 61.2 Å². The third-order valence-electron chi connectivity index (χ3n) is 4.93. The quantitative estimate of drug-likeness (QED) is 0.676. The van der Waals surface area contributed by atoms with Crippen LogP contribution in [0, 0.1) is 0 Å². The lowest BCUT2D eigenvalue weighted by Crippen LogP contribution is -2.59. The highest BCUT2D eigenvalue weighted by atomic mass is 19.4. The van der Waals surface area contributed by atoms with Gasteiger partial charge in [0.25, 0.3) is 0 Å². The maximum atomic E-state index is 13.1. The molecule has 1 aliphatic heterocycles. The van der Waals surface area contributed by atoms with E-state index in [1.54, 1.807) is 6.08 Å². The number of rotatable bonds is 7. The average molecular weight is 366 g/mol. The van der Waals surface area contributed by atoms with Gasteiger partial charge in [-0.25, -0.2) is 0 Å². The van der Waals surface area contributed by atoms with Crippen LogP contribution >= 0.6 is 0 Å². The number of benzene rings is 1. The van der Waals surface area contributed by atoms with E-state index in [1.165, 1.54) is 6.08 Å². The molecule has 6 heteroatoms. The lowest BCUT2D eigenvalue weighted by molar-refractivity contribution is -0.192. The van der Waals surface area contributed by atoms with E-state index in [4.69, 9.17) is 0 Å². The molecule has 2 rings (SSSR count). The molecular weight excluding hydrogens is 341 g/mol. The smallest absolute Gasteiger partial charge is 0.325 e. The van der Waals surface area contributed by atoms with E-state index in [0.717, 1.165) is 17.0 Å². The van der Waals surface area contributed by atoms with Crippen molar-refractivity contribution in [2.24, 2.45) is 0 Å². The Hall–Kier alpha value is -2.08. The maximum Gasteiger partial charge on any atom is 0.471 e. The number of carbonyl (C=O) groups is 1. The van der Waals surface area contributed by atoms with Crippen LogP contribution in [-0.2, 0) is 11.3 Å². The highest BCUT2D eigenvalue weighted by molar-refractivity contribution is 5.82. The van der Waals surface area contributed by atoms with Gasteiger partial charge in [-0.15, -0.1) is 13.2 Å². The van der Waals surface area contributed by atoms with Crippen molar-refractivity contribution < 1.29 is 18.0 Å². The largest absolute Gasteiger partial charge is 0.471 e. The topological polar surface area (TPSA) is 23.6 Å². The van der Waals surface area contributed by atoms with Crippen LogP contribution < -0.4 is 0 Å². The molecule has 0 spiro atoms. The molecule has 1 aromatic carbocycles. The van der Waals surface area contributed by atoms with Crippen molar-refractivity contribution in [3.63, 3.8) is 0 Å². The van der Waals surface area contributed by atoms with Gasteiger partial charge in [-0.2, -0.15) is 13.2 Å². The Morgan fingerprint density at radius 2 is 1.77 bits per heavy atom. The molecule has 1 saturated heterocycles. The van der Waals surface area contributed by atoms with Gasteiger partial charge in [-0.05, 0) is 24.8 Å². The molecule has 0 bridgehead atoms. The predicted molar refractivity (Wildman–Crippen MR) is 96.5 cm³/mol. The molecule has 0 radical (unpaired) electrons. The minimum Gasteiger partial charge on any atom is -0.325 e. The Morgan fingerprint density at radius 3 is 2.27 bits per heavy atom. The van der Waals surface area contributed by atoms with Crippen LogP contribution in [0.25, 0.3) is 0 Å². The lowest BCUT2D eigenvalue weighted by atomic mass is 9.82. The molecule has 0 unspecified atom stereocenters. The summed E-state index contributed by atoms with van der Waals surface area (Å²) in [5.41, 5.74) is 0.300. The number of nitrogens with zero attached hydrogens (tertiary/aromatic N) is 2. The van der Waals surface area contributed by atoms with Crippen molar-refractivity contribution in [2.75, 3.05) is 19.6 Å². The summed E-state index contributed by atoms with van der Waals surface area (Å²) in [5.74, 6) is -1.80. The second-order valence-corrected chi connectivity index (χ2v) is 6.68. The van der Waals surface area contributed by atoms with Crippen molar-refractivity contribution in [1.29, 1.82) is 0 Å². The van der Waals surface area contributed by atoms with E-state index < -0.39 is 17.6 Å². The van der Waals surface area contributed by atoms with E-state index in [-0.39, 0.29) is 6.54 Å². The van der Waals surface area contributed by atoms with E-state index in [2.05, 4.69) is 18.1 Å². The van der Waals surface area contributed by atoms with Gasteiger partial charge in [0, 0.05) is 31.7 Å². The fourth-order valence-corrected chi connectivity index (χ4v) is 3.60. The normalized spacial score (nSPS) is 17.5. The SMILES string of the molecule is C=CCN(C(=O)C(F)(F)F)C1(CC=C)CCN(Cc2ccccc2)CC1. The molecule has 1 aliphatic rings. The van der Waals surface area contributed by atoms with Gasteiger partial charge >= 0.3 is 12.1 Å². The number of alkyl halides is 3. The molecule has 1 heterocycles. The molecule has 0 aliphatic carbocycles. The molecule has 26 heavy (non-hydrogen) atoms. The number of hydrogen-bond donors (Lipinski definition) is 0. The van der Waals surface area contributed by atoms with Crippen LogP contribution in [0.15, 0.2) is 55.6 Å². The standard InChI is InChI=1S/C20H25F3N2O/c1-3-10-19(25(13-4-2)18(26)20(21,22)23)11-14-24(15-12-19)16-17-8-6-5-7-9-17/h3-9H,1-2,10-16H2.